The lowest BCUT2D eigenvalue weighted by atomic mass is 10.00. The monoisotopic (exact) mass is 500 g/mol. The minimum absolute atomic E-state index is 0.0155. The number of rotatable bonds is 5. The van der Waals surface area contributed by atoms with Gasteiger partial charge in [0.1, 0.15) is 5.56 Å². The molecule has 36 heavy (non-hydrogen) atoms. The first-order chi connectivity index (χ1) is 17.3. The number of aryl methyl sites for hydroxylation is 1. The zero-order valence-corrected chi connectivity index (χ0v) is 20.3. The van der Waals surface area contributed by atoms with Gasteiger partial charge in [-0.2, -0.15) is 18.3 Å². The smallest absolute Gasteiger partial charge is 0.381 e. The van der Waals surface area contributed by atoms with Crippen LogP contribution in [0.1, 0.15) is 31.2 Å². The summed E-state index contributed by atoms with van der Waals surface area (Å²) in [5, 5.41) is 16.5. The molecule has 2 aromatic heterocycles. The summed E-state index contributed by atoms with van der Waals surface area (Å²) in [5.41, 5.74) is 0.796. The molecule has 4 heterocycles. The molecular formula is C26H31F3N6O. The quantitative estimate of drug-likeness (QED) is 0.553. The molecule has 6 rings (SSSR count). The average Bonchev–Trinajstić information content (AvgIpc) is 3.50. The highest BCUT2D eigenvalue weighted by molar-refractivity contribution is 5.83. The van der Waals surface area contributed by atoms with Gasteiger partial charge in [0.2, 0.25) is 0 Å². The van der Waals surface area contributed by atoms with E-state index in [4.69, 9.17) is 4.74 Å². The van der Waals surface area contributed by atoms with E-state index in [9.17, 15) is 13.2 Å². The number of halogens is 3. The second-order valence-corrected chi connectivity index (χ2v) is 10.7. The molecule has 3 aliphatic rings. The number of fused-ring (bicyclic) bond motifs is 2. The summed E-state index contributed by atoms with van der Waals surface area (Å²) in [5.74, 6) is 1.58. The highest BCUT2D eigenvalue weighted by Crippen LogP contribution is 2.42. The topological polar surface area (TPSA) is 68.1 Å². The van der Waals surface area contributed by atoms with Crippen LogP contribution in [0.15, 0.2) is 30.5 Å². The standard InChI is InChI=1S/C26H31F3N6O/c1-34-13-20-8-17(2-3-23(20)33-34)24-11-22(26(27,28)29)25(32-31-24)30-21-9-18-14-35(15-19(18)10-21)12-16-4-6-36-7-5-16/h2-3,8,11,13,16,18-19,21H,4-7,9-10,12,14-15H2,1H3,(H,30,32)/t18-,19-/m1/s1. The number of aromatic nitrogens is 4. The van der Waals surface area contributed by atoms with Crippen LogP contribution in [0, 0.1) is 17.8 Å². The highest BCUT2D eigenvalue weighted by atomic mass is 19.4. The fraction of sp³-hybridized carbons (Fsp3) is 0.577. The maximum Gasteiger partial charge on any atom is 0.420 e. The van der Waals surface area contributed by atoms with Gasteiger partial charge in [0.25, 0.3) is 0 Å². The molecule has 0 spiro atoms. The number of likely N-dealkylation sites (tertiary alicyclic amines) is 1. The fourth-order valence-corrected chi connectivity index (χ4v) is 6.32. The van der Waals surface area contributed by atoms with Gasteiger partial charge in [-0.1, -0.05) is 6.07 Å². The van der Waals surface area contributed by atoms with Crippen LogP contribution in [-0.4, -0.2) is 63.8 Å². The molecule has 1 aromatic carbocycles. The number of ether oxygens (including phenoxy) is 1. The van der Waals surface area contributed by atoms with E-state index in [2.05, 4.69) is 25.5 Å². The molecule has 10 heteroatoms. The van der Waals surface area contributed by atoms with Gasteiger partial charge in [-0.15, -0.1) is 10.2 Å². The van der Waals surface area contributed by atoms with Crippen molar-refractivity contribution in [3.63, 3.8) is 0 Å². The molecule has 192 valence electrons. The summed E-state index contributed by atoms with van der Waals surface area (Å²) < 4.78 is 49.3. The normalized spacial score (nSPS) is 24.0. The van der Waals surface area contributed by atoms with Gasteiger partial charge < -0.3 is 15.0 Å². The Morgan fingerprint density at radius 2 is 1.81 bits per heavy atom. The first kappa shape index (κ1) is 23.7. The molecule has 0 radical (unpaired) electrons. The Bertz CT molecular complexity index is 1220. The molecular weight excluding hydrogens is 469 g/mol. The van der Waals surface area contributed by atoms with Crippen molar-refractivity contribution < 1.29 is 17.9 Å². The van der Waals surface area contributed by atoms with E-state index in [1.807, 2.05) is 13.2 Å². The van der Waals surface area contributed by atoms with Gasteiger partial charge in [-0.05, 0) is 61.6 Å². The summed E-state index contributed by atoms with van der Waals surface area (Å²) in [6.45, 7) is 4.90. The van der Waals surface area contributed by atoms with Crippen LogP contribution in [0.4, 0.5) is 19.0 Å². The van der Waals surface area contributed by atoms with Crippen LogP contribution in [0.2, 0.25) is 0 Å². The minimum atomic E-state index is -4.53. The van der Waals surface area contributed by atoms with Crippen molar-refractivity contribution in [1.82, 2.24) is 24.9 Å². The Labute approximate surface area is 208 Å². The van der Waals surface area contributed by atoms with Gasteiger partial charge >= 0.3 is 6.18 Å². The number of nitrogens with zero attached hydrogens (tertiary/aromatic N) is 5. The number of anilines is 1. The van der Waals surface area contributed by atoms with E-state index in [1.165, 1.54) is 0 Å². The molecule has 0 unspecified atom stereocenters. The molecule has 0 amide bonds. The Morgan fingerprint density at radius 3 is 2.53 bits per heavy atom. The van der Waals surface area contributed by atoms with Crippen LogP contribution in [0.3, 0.4) is 0 Å². The summed E-state index contributed by atoms with van der Waals surface area (Å²) >= 11 is 0. The van der Waals surface area contributed by atoms with Crippen LogP contribution >= 0.6 is 0 Å². The van der Waals surface area contributed by atoms with Crippen LogP contribution < -0.4 is 5.32 Å². The van der Waals surface area contributed by atoms with Gasteiger partial charge in [-0.25, -0.2) is 0 Å². The third-order valence-electron chi connectivity index (χ3n) is 8.04. The van der Waals surface area contributed by atoms with E-state index in [1.54, 1.807) is 22.9 Å². The van der Waals surface area contributed by atoms with Crippen molar-refractivity contribution >= 4 is 16.7 Å². The SMILES string of the molecule is Cn1cc2cc(-c3cc(C(F)(F)F)c(NC4C[C@@H]5CN(CC6CCOCC6)C[C@H]5C4)nn3)ccc2n1. The lowest BCUT2D eigenvalue weighted by Crippen LogP contribution is -2.32. The van der Waals surface area contributed by atoms with Gasteiger partial charge in [0, 0.05) is 63.1 Å². The predicted molar refractivity (Wildman–Crippen MR) is 130 cm³/mol. The second-order valence-electron chi connectivity index (χ2n) is 10.7. The van der Waals surface area contributed by atoms with Gasteiger partial charge in [0.05, 0.1) is 11.2 Å². The molecule has 1 N–H and O–H groups in total. The first-order valence-corrected chi connectivity index (χ1v) is 12.8. The third kappa shape index (κ3) is 4.80. The fourth-order valence-electron chi connectivity index (χ4n) is 6.32. The largest absolute Gasteiger partial charge is 0.420 e. The Hall–Kier alpha value is -2.72. The maximum absolute atomic E-state index is 14.0. The van der Waals surface area contributed by atoms with Gasteiger partial charge in [0.15, 0.2) is 5.82 Å². The van der Waals surface area contributed by atoms with Crippen molar-refractivity contribution in [3.8, 4) is 11.3 Å². The van der Waals surface area contributed by atoms with Crippen molar-refractivity contribution in [2.24, 2.45) is 24.8 Å². The van der Waals surface area contributed by atoms with E-state index in [0.717, 1.165) is 75.5 Å². The lowest BCUT2D eigenvalue weighted by molar-refractivity contribution is -0.137. The molecule has 3 aromatic rings. The Morgan fingerprint density at radius 1 is 1.06 bits per heavy atom. The van der Waals surface area contributed by atoms with E-state index >= 15 is 0 Å². The number of nitrogens with one attached hydrogen (secondary N) is 1. The summed E-state index contributed by atoms with van der Waals surface area (Å²) in [7, 11) is 1.81. The highest BCUT2D eigenvalue weighted by Gasteiger charge is 2.43. The van der Waals surface area contributed by atoms with Crippen LogP contribution in [-0.2, 0) is 18.0 Å². The zero-order valence-electron chi connectivity index (χ0n) is 20.3. The van der Waals surface area contributed by atoms with Crippen molar-refractivity contribution in [3.05, 3.63) is 36.0 Å². The molecule has 1 saturated carbocycles. The van der Waals surface area contributed by atoms with E-state index in [0.29, 0.717) is 23.3 Å². The zero-order chi connectivity index (χ0) is 24.9. The lowest BCUT2D eigenvalue weighted by Gasteiger charge is -2.28. The Balaban J connectivity index is 1.15. The summed E-state index contributed by atoms with van der Waals surface area (Å²) in [4.78, 5) is 2.55. The van der Waals surface area contributed by atoms with Crippen LogP contribution in [0.5, 0.6) is 0 Å². The van der Waals surface area contributed by atoms with E-state index in [-0.39, 0.29) is 17.6 Å². The first-order valence-electron chi connectivity index (χ1n) is 12.8. The molecule has 2 atom stereocenters. The maximum atomic E-state index is 14.0. The number of hydrogen-bond donors (Lipinski definition) is 1. The Kier molecular flexibility index (Phi) is 6.11. The molecule has 7 nitrogen and oxygen atoms in total. The van der Waals surface area contributed by atoms with Crippen molar-refractivity contribution in [1.29, 1.82) is 0 Å². The summed E-state index contributed by atoms with van der Waals surface area (Å²) in [6.07, 6.45) is 1.29. The number of benzene rings is 1. The molecule has 2 saturated heterocycles. The number of hydrogen-bond acceptors (Lipinski definition) is 6. The van der Waals surface area contributed by atoms with Gasteiger partial charge in [-0.3, -0.25) is 4.68 Å². The molecule has 2 aliphatic heterocycles. The van der Waals surface area contributed by atoms with Crippen LogP contribution in [0.25, 0.3) is 22.2 Å². The molecule has 0 bridgehead atoms. The molecule has 3 fully saturated rings. The number of alkyl halides is 3. The minimum Gasteiger partial charge on any atom is -0.381 e. The molecule has 1 aliphatic carbocycles. The van der Waals surface area contributed by atoms with E-state index < -0.39 is 11.7 Å². The van der Waals surface area contributed by atoms with Crippen molar-refractivity contribution in [2.45, 2.75) is 37.9 Å². The third-order valence-corrected chi connectivity index (χ3v) is 8.04. The average molecular weight is 501 g/mol. The summed E-state index contributed by atoms with van der Waals surface area (Å²) in [6, 6.07) is 6.41. The van der Waals surface area contributed by atoms with Crippen molar-refractivity contribution in [2.75, 3.05) is 38.2 Å². The second kappa shape index (κ2) is 9.30. The predicted octanol–water partition coefficient (Wildman–Crippen LogP) is 4.60.